The Hall–Kier alpha value is -4.34. The van der Waals surface area contributed by atoms with Crippen LogP contribution >= 0.6 is 0 Å². The Morgan fingerprint density at radius 3 is 2.31 bits per heavy atom. The molecule has 5 atom stereocenters. The predicted octanol–water partition coefficient (Wildman–Crippen LogP) is -0.706. The summed E-state index contributed by atoms with van der Waals surface area (Å²) in [6.45, 7) is 2.06. The topological polar surface area (TPSA) is 208 Å². The number of hydrogen-bond acceptors (Lipinski definition) is 14. The van der Waals surface area contributed by atoms with Gasteiger partial charge in [-0.05, 0) is 12.1 Å². The quantitative estimate of drug-likeness (QED) is 0.212. The lowest BCUT2D eigenvalue weighted by atomic mass is 10.0. The van der Waals surface area contributed by atoms with Gasteiger partial charge in [0.25, 0.3) is 0 Å². The van der Waals surface area contributed by atoms with Crippen molar-refractivity contribution in [3.63, 3.8) is 0 Å². The highest BCUT2D eigenvalue weighted by molar-refractivity contribution is 6.03. The molecule has 1 saturated heterocycles. The number of anilines is 1. The first-order chi connectivity index (χ1) is 18.6. The van der Waals surface area contributed by atoms with Crippen LogP contribution in [-0.4, -0.2) is 76.1 Å². The lowest BCUT2D eigenvalue weighted by Crippen LogP contribution is -2.44. The smallest absolute Gasteiger partial charge is 0.351 e. The highest BCUT2D eigenvalue weighted by Gasteiger charge is 2.52. The van der Waals surface area contributed by atoms with Gasteiger partial charge in [0, 0.05) is 12.3 Å². The number of esters is 3. The maximum Gasteiger partial charge on any atom is 0.351 e. The molecule has 2 aliphatic rings. The number of aliphatic hydroxyl groups excluding tert-OH is 1. The maximum atomic E-state index is 13.0. The van der Waals surface area contributed by atoms with Crippen molar-refractivity contribution in [3.05, 3.63) is 58.1 Å². The summed E-state index contributed by atoms with van der Waals surface area (Å²) in [5.41, 5.74) is 6.76. The SMILES string of the molecule is CC(C)C(=O)ONc1ccn([C@@H]2O[C@H](COC(=O)[C@@H](N)CO)[C@H]3OC(=O)c4ccccc4C(=O)O[C@H]32)c(=O)n1. The molecule has 0 unspecified atom stereocenters. The number of nitrogens with two attached hydrogens (primary N) is 1. The Bertz CT molecular complexity index is 1330. The Morgan fingerprint density at radius 1 is 1.08 bits per heavy atom. The van der Waals surface area contributed by atoms with Gasteiger partial charge in [0.15, 0.2) is 24.3 Å². The molecular weight excluding hydrogens is 520 g/mol. The van der Waals surface area contributed by atoms with Crippen LogP contribution in [0.3, 0.4) is 0 Å². The Balaban J connectivity index is 1.64. The zero-order valence-corrected chi connectivity index (χ0v) is 20.8. The molecule has 2 aromatic rings. The first kappa shape index (κ1) is 27.7. The molecule has 3 heterocycles. The number of benzene rings is 1. The molecule has 4 rings (SSSR count). The number of ether oxygens (including phenoxy) is 4. The van der Waals surface area contributed by atoms with Crippen molar-refractivity contribution >= 4 is 29.7 Å². The second-order valence-electron chi connectivity index (χ2n) is 8.95. The predicted molar refractivity (Wildman–Crippen MR) is 128 cm³/mol. The van der Waals surface area contributed by atoms with E-state index in [1.165, 1.54) is 36.5 Å². The number of rotatable bonds is 8. The average molecular weight is 546 g/mol. The summed E-state index contributed by atoms with van der Waals surface area (Å²) < 4.78 is 23.2. The first-order valence-corrected chi connectivity index (χ1v) is 11.9. The molecule has 1 fully saturated rings. The third-order valence-corrected chi connectivity index (χ3v) is 5.86. The normalized spacial score (nSPS) is 22.9. The summed E-state index contributed by atoms with van der Waals surface area (Å²) >= 11 is 0. The Labute approximate surface area is 220 Å². The Kier molecular flexibility index (Phi) is 8.23. The lowest BCUT2D eigenvalue weighted by molar-refractivity contribution is -0.152. The van der Waals surface area contributed by atoms with Gasteiger partial charge in [-0.15, -0.1) is 0 Å². The van der Waals surface area contributed by atoms with Gasteiger partial charge in [0.1, 0.15) is 18.8 Å². The van der Waals surface area contributed by atoms with E-state index in [0.717, 1.165) is 4.57 Å². The van der Waals surface area contributed by atoms with Crippen molar-refractivity contribution in [1.29, 1.82) is 0 Å². The van der Waals surface area contributed by atoms with E-state index in [9.17, 15) is 24.0 Å². The number of nitrogens with zero attached hydrogens (tertiary/aromatic N) is 2. The fraction of sp³-hybridized carbons (Fsp3) is 0.417. The molecule has 208 valence electrons. The van der Waals surface area contributed by atoms with E-state index in [1.807, 2.05) is 0 Å². The maximum absolute atomic E-state index is 13.0. The lowest BCUT2D eigenvalue weighted by Gasteiger charge is -2.27. The van der Waals surface area contributed by atoms with E-state index >= 15 is 0 Å². The van der Waals surface area contributed by atoms with Crippen molar-refractivity contribution in [2.24, 2.45) is 11.7 Å². The molecule has 1 aromatic carbocycles. The third kappa shape index (κ3) is 5.89. The molecule has 0 bridgehead atoms. The van der Waals surface area contributed by atoms with Crippen molar-refractivity contribution in [2.45, 2.75) is 44.4 Å². The molecule has 2 aliphatic heterocycles. The summed E-state index contributed by atoms with van der Waals surface area (Å²) in [4.78, 5) is 71.2. The zero-order valence-electron chi connectivity index (χ0n) is 20.8. The second-order valence-corrected chi connectivity index (χ2v) is 8.95. The van der Waals surface area contributed by atoms with E-state index in [4.69, 9.17) is 34.6 Å². The summed E-state index contributed by atoms with van der Waals surface area (Å²) in [6.07, 6.45) is -3.99. The van der Waals surface area contributed by atoms with Crippen molar-refractivity contribution in [3.8, 4) is 0 Å². The van der Waals surface area contributed by atoms with Gasteiger partial charge in [-0.2, -0.15) is 4.98 Å². The standard InChI is InChI=1S/C24H26N4O11/c1-11(2)20(30)39-27-16-7-8-28(24(34)26-16)19-18-17(15(36-19)10-35-23(33)14(25)9-29)37-21(31)12-5-3-4-6-13(12)22(32)38-18/h3-8,11,14-15,17-19,29H,9-10,25H2,1-2H3,(H,26,27,34)/t14-,15+,17+,18+,19+/m0/s1. The summed E-state index contributed by atoms with van der Waals surface area (Å²) in [7, 11) is 0. The molecular formula is C24H26N4O11. The third-order valence-electron chi connectivity index (χ3n) is 5.86. The van der Waals surface area contributed by atoms with Crippen molar-refractivity contribution in [2.75, 3.05) is 18.7 Å². The molecule has 0 amide bonds. The van der Waals surface area contributed by atoms with Gasteiger partial charge < -0.3 is 34.6 Å². The molecule has 4 N–H and O–H groups in total. The van der Waals surface area contributed by atoms with Gasteiger partial charge in [0.05, 0.1) is 23.7 Å². The van der Waals surface area contributed by atoms with Gasteiger partial charge in [0.2, 0.25) is 0 Å². The molecule has 0 spiro atoms. The highest BCUT2D eigenvalue weighted by Crippen LogP contribution is 2.36. The zero-order chi connectivity index (χ0) is 28.3. The number of carbonyl (C=O) groups is 4. The van der Waals surface area contributed by atoms with E-state index in [1.54, 1.807) is 13.8 Å². The average Bonchev–Trinajstić information content (AvgIpc) is 3.24. The van der Waals surface area contributed by atoms with Crippen LogP contribution in [0.1, 0.15) is 40.8 Å². The van der Waals surface area contributed by atoms with Crippen LogP contribution in [0, 0.1) is 5.92 Å². The fourth-order valence-electron chi connectivity index (χ4n) is 3.78. The van der Waals surface area contributed by atoms with Gasteiger partial charge in [-0.25, -0.2) is 24.7 Å². The van der Waals surface area contributed by atoms with Crippen LogP contribution in [0.4, 0.5) is 5.82 Å². The fourth-order valence-corrected chi connectivity index (χ4v) is 3.78. The number of aromatic nitrogens is 2. The largest absolute Gasteiger partial charge is 0.462 e. The monoisotopic (exact) mass is 546 g/mol. The minimum absolute atomic E-state index is 0.0485. The highest BCUT2D eigenvalue weighted by atomic mass is 16.7. The van der Waals surface area contributed by atoms with Crippen LogP contribution < -0.4 is 16.9 Å². The molecule has 0 radical (unpaired) electrons. The van der Waals surface area contributed by atoms with E-state index < -0.39 is 79.3 Å². The molecule has 39 heavy (non-hydrogen) atoms. The Morgan fingerprint density at radius 2 is 1.72 bits per heavy atom. The van der Waals surface area contributed by atoms with Crippen LogP contribution in [-0.2, 0) is 33.4 Å². The molecule has 15 nitrogen and oxygen atoms in total. The van der Waals surface area contributed by atoms with Crippen LogP contribution in [0.5, 0.6) is 0 Å². The van der Waals surface area contributed by atoms with E-state index in [-0.39, 0.29) is 16.9 Å². The summed E-state index contributed by atoms with van der Waals surface area (Å²) in [5.74, 6) is -3.78. The molecule has 0 saturated carbocycles. The van der Waals surface area contributed by atoms with E-state index in [0.29, 0.717) is 0 Å². The summed E-state index contributed by atoms with van der Waals surface area (Å²) in [6, 6.07) is 5.82. The van der Waals surface area contributed by atoms with Crippen LogP contribution in [0.15, 0.2) is 41.3 Å². The number of hydrogen-bond donors (Lipinski definition) is 3. The van der Waals surface area contributed by atoms with Gasteiger partial charge in [-0.3, -0.25) is 9.36 Å². The second kappa shape index (κ2) is 11.6. The number of nitrogens with one attached hydrogen (secondary N) is 1. The van der Waals surface area contributed by atoms with Crippen LogP contribution in [0.25, 0.3) is 0 Å². The molecule has 1 aromatic heterocycles. The van der Waals surface area contributed by atoms with Crippen molar-refractivity contribution in [1.82, 2.24) is 9.55 Å². The van der Waals surface area contributed by atoms with E-state index in [2.05, 4.69) is 10.5 Å². The van der Waals surface area contributed by atoms with Gasteiger partial charge in [-0.1, -0.05) is 26.0 Å². The molecule has 15 heteroatoms. The van der Waals surface area contributed by atoms with Crippen LogP contribution in [0.2, 0.25) is 0 Å². The van der Waals surface area contributed by atoms with Crippen molar-refractivity contribution < 1.29 is 48.1 Å². The molecule has 0 aliphatic carbocycles. The number of aliphatic hydroxyl groups is 1. The minimum atomic E-state index is -1.36. The number of fused-ring (bicyclic) bond motifs is 2. The first-order valence-electron chi connectivity index (χ1n) is 11.9. The number of carbonyl (C=O) groups excluding carboxylic acids is 4. The van der Waals surface area contributed by atoms with Gasteiger partial charge >= 0.3 is 29.6 Å². The minimum Gasteiger partial charge on any atom is -0.462 e. The summed E-state index contributed by atoms with van der Waals surface area (Å²) in [5, 5.41) is 9.09.